The lowest BCUT2D eigenvalue weighted by molar-refractivity contribution is -0.139. The van der Waals surface area contributed by atoms with Gasteiger partial charge in [-0.05, 0) is 48.6 Å². The van der Waals surface area contributed by atoms with E-state index < -0.39 is 12.0 Å². The zero-order chi connectivity index (χ0) is 23.7. The Morgan fingerprint density at radius 2 is 1.91 bits per heavy atom. The summed E-state index contributed by atoms with van der Waals surface area (Å²) in [6.07, 6.45) is 1.86. The fourth-order valence-electron chi connectivity index (χ4n) is 3.91. The molecule has 0 N–H and O–H groups in total. The minimum Gasteiger partial charge on any atom is -0.463 e. The number of aromatic nitrogens is 1. The van der Waals surface area contributed by atoms with E-state index in [0.717, 1.165) is 5.56 Å². The maximum atomic E-state index is 13.6. The van der Waals surface area contributed by atoms with Crippen LogP contribution in [0.15, 0.2) is 69.6 Å². The largest absolute Gasteiger partial charge is 0.463 e. The second-order valence-electron chi connectivity index (χ2n) is 8.15. The average molecular weight is 481 g/mol. The molecule has 0 bridgehead atoms. The molecule has 0 saturated heterocycles. The van der Waals surface area contributed by atoms with Crippen LogP contribution >= 0.6 is 22.9 Å². The van der Waals surface area contributed by atoms with Crippen molar-refractivity contribution < 1.29 is 9.53 Å². The molecule has 1 aromatic heterocycles. The SMILES string of the molecule is CCOC(=O)C1=C(C)N=c2s/c(=C/c3ccc(C(C)C)cc3)c(=O)n2[C@@H]1c1ccccc1Cl. The fourth-order valence-corrected chi connectivity index (χ4v) is 5.20. The zero-order valence-corrected chi connectivity index (χ0v) is 20.5. The Kier molecular flexibility index (Phi) is 6.68. The quantitative estimate of drug-likeness (QED) is 0.502. The first-order chi connectivity index (χ1) is 15.8. The molecule has 0 spiro atoms. The predicted molar refractivity (Wildman–Crippen MR) is 132 cm³/mol. The lowest BCUT2D eigenvalue weighted by Crippen LogP contribution is -2.40. The number of carbonyl (C=O) groups excluding carboxylic acids is 1. The van der Waals surface area contributed by atoms with E-state index in [-0.39, 0.29) is 12.2 Å². The van der Waals surface area contributed by atoms with Gasteiger partial charge in [-0.3, -0.25) is 9.36 Å². The highest BCUT2D eigenvalue weighted by Gasteiger charge is 2.34. The van der Waals surface area contributed by atoms with Gasteiger partial charge in [-0.1, -0.05) is 79.2 Å². The molecule has 1 aliphatic rings. The summed E-state index contributed by atoms with van der Waals surface area (Å²) in [6, 6.07) is 14.7. The first-order valence-electron chi connectivity index (χ1n) is 10.9. The number of rotatable bonds is 5. The number of hydrogen-bond acceptors (Lipinski definition) is 5. The molecule has 1 atom stereocenters. The van der Waals surface area contributed by atoms with Crippen molar-refractivity contribution in [2.75, 3.05) is 6.61 Å². The van der Waals surface area contributed by atoms with Gasteiger partial charge in [0.05, 0.1) is 22.4 Å². The van der Waals surface area contributed by atoms with Crippen molar-refractivity contribution in [3.8, 4) is 0 Å². The van der Waals surface area contributed by atoms with Crippen molar-refractivity contribution in [1.29, 1.82) is 0 Å². The highest BCUT2D eigenvalue weighted by molar-refractivity contribution is 7.07. The summed E-state index contributed by atoms with van der Waals surface area (Å²) in [5.41, 5.74) is 3.45. The minimum absolute atomic E-state index is 0.217. The van der Waals surface area contributed by atoms with Crippen molar-refractivity contribution in [1.82, 2.24) is 4.57 Å². The van der Waals surface area contributed by atoms with E-state index in [1.54, 1.807) is 24.5 Å². The molecule has 7 heteroatoms. The maximum absolute atomic E-state index is 13.6. The summed E-state index contributed by atoms with van der Waals surface area (Å²) in [5, 5.41) is 0.470. The van der Waals surface area contributed by atoms with Crippen LogP contribution < -0.4 is 14.9 Å². The molecular formula is C26H25ClN2O3S. The molecule has 4 rings (SSSR count). The number of halogens is 1. The number of benzene rings is 2. The third kappa shape index (κ3) is 4.45. The van der Waals surface area contributed by atoms with Gasteiger partial charge >= 0.3 is 5.97 Å². The van der Waals surface area contributed by atoms with Crippen LogP contribution in [-0.2, 0) is 9.53 Å². The van der Waals surface area contributed by atoms with Crippen LogP contribution in [0.3, 0.4) is 0 Å². The van der Waals surface area contributed by atoms with E-state index in [1.165, 1.54) is 16.9 Å². The van der Waals surface area contributed by atoms with E-state index >= 15 is 0 Å². The number of nitrogens with zero attached hydrogens (tertiary/aromatic N) is 2. The van der Waals surface area contributed by atoms with E-state index in [4.69, 9.17) is 16.3 Å². The first kappa shape index (κ1) is 23.2. The number of hydrogen-bond donors (Lipinski definition) is 0. The van der Waals surface area contributed by atoms with E-state index in [1.807, 2.05) is 36.4 Å². The summed E-state index contributed by atoms with van der Waals surface area (Å²) < 4.78 is 7.41. The van der Waals surface area contributed by atoms with Gasteiger partial charge in [-0.15, -0.1) is 0 Å². The van der Waals surface area contributed by atoms with Gasteiger partial charge in [0.1, 0.15) is 6.04 Å². The van der Waals surface area contributed by atoms with Crippen molar-refractivity contribution in [2.45, 2.75) is 39.7 Å². The number of carbonyl (C=O) groups is 1. The molecule has 2 aromatic carbocycles. The van der Waals surface area contributed by atoms with Gasteiger partial charge in [0, 0.05) is 5.02 Å². The van der Waals surface area contributed by atoms with Crippen LogP contribution in [0.5, 0.6) is 0 Å². The van der Waals surface area contributed by atoms with Crippen LogP contribution in [0.25, 0.3) is 6.08 Å². The predicted octanol–water partition coefficient (Wildman–Crippen LogP) is 4.58. The molecule has 2 heterocycles. The summed E-state index contributed by atoms with van der Waals surface area (Å²) in [4.78, 5) is 31.6. The fraction of sp³-hybridized carbons (Fsp3) is 0.269. The van der Waals surface area contributed by atoms with Gasteiger partial charge in [0.25, 0.3) is 5.56 Å². The topological polar surface area (TPSA) is 60.7 Å². The van der Waals surface area contributed by atoms with Gasteiger partial charge in [-0.2, -0.15) is 0 Å². The van der Waals surface area contributed by atoms with Crippen LogP contribution in [0.1, 0.15) is 56.3 Å². The van der Waals surface area contributed by atoms with Crippen molar-refractivity contribution in [3.63, 3.8) is 0 Å². The Balaban J connectivity index is 1.92. The summed E-state index contributed by atoms with van der Waals surface area (Å²) in [7, 11) is 0. The summed E-state index contributed by atoms with van der Waals surface area (Å²) >= 11 is 7.82. The molecule has 3 aromatic rings. The molecule has 0 saturated carbocycles. The first-order valence-corrected chi connectivity index (χ1v) is 12.0. The minimum atomic E-state index is -0.709. The molecule has 0 fully saturated rings. The summed E-state index contributed by atoms with van der Waals surface area (Å²) in [6.45, 7) is 8.02. The molecule has 5 nitrogen and oxygen atoms in total. The van der Waals surface area contributed by atoms with E-state index in [2.05, 4.69) is 31.0 Å². The monoisotopic (exact) mass is 480 g/mol. The molecule has 33 heavy (non-hydrogen) atoms. The third-order valence-corrected chi connectivity index (χ3v) is 6.94. The number of fused-ring (bicyclic) bond motifs is 1. The highest BCUT2D eigenvalue weighted by atomic mass is 35.5. The van der Waals surface area contributed by atoms with E-state index in [9.17, 15) is 9.59 Å². The maximum Gasteiger partial charge on any atom is 0.338 e. The molecule has 170 valence electrons. The van der Waals surface area contributed by atoms with Crippen LogP contribution in [0, 0.1) is 0 Å². The van der Waals surface area contributed by atoms with Crippen molar-refractivity contribution in [3.05, 3.63) is 101 Å². The molecule has 0 aliphatic carbocycles. The molecular weight excluding hydrogens is 456 g/mol. The third-order valence-electron chi connectivity index (χ3n) is 5.62. The van der Waals surface area contributed by atoms with Gasteiger partial charge in [-0.25, -0.2) is 9.79 Å². The van der Waals surface area contributed by atoms with Crippen molar-refractivity contribution in [2.24, 2.45) is 4.99 Å². The van der Waals surface area contributed by atoms with E-state index in [0.29, 0.717) is 37.1 Å². The van der Waals surface area contributed by atoms with Gasteiger partial charge in [0.2, 0.25) is 0 Å². The number of thiazole rings is 1. The molecule has 0 amide bonds. The lowest BCUT2D eigenvalue weighted by Gasteiger charge is -2.25. The Morgan fingerprint density at radius 3 is 2.55 bits per heavy atom. The average Bonchev–Trinajstić information content (AvgIpc) is 3.08. The Morgan fingerprint density at radius 1 is 1.21 bits per heavy atom. The number of allylic oxidation sites excluding steroid dienone is 1. The smallest absolute Gasteiger partial charge is 0.338 e. The highest BCUT2D eigenvalue weighted by Crippen LogP contribution is 2.34. The molecule has 1 aliphatic heterocycles. The summed E-state index contributed by atoms with van der Waals surface area (Å²) in [5.74, 6) is -0.0634. The Hall–Kier alpha value is -2.96. The van der Waals surface area contributed by atoms with Gasteiger partial charge in [0.15, 0.2) is 4.80 Å². The number of ether oxygens (including phenoxy) is 1. The van der Waals surface area contributed by atoms with Crippen LogP contribution in [-0.4, -0.2) is 17.1 Å². The normalized spacial score (nSPS) is 16.1. The van der Waals surface area contributed by atoms with Crippen LogP contribution in [0.2, 0.25) is 5.02 Å². The molecule has 0 unspecified atom stereocenters. The second kappa shape index (κ2) is 9.49. The second-order valence-corrected chi connectivity index (χ2v) is 9.56. The molecule has 0 radical (unpaired) electrons. The van der Waals surface area contributed by atoms with Crippen LogP contribution in [0.4, 0.5) is 0 Å². The van der Waals surface area contributed by atoms with Crippen molar-refractivity contribution >= 4 is 35.0 Å². The standard InChI is InChI=1S/C26H25ClN2O3S/c1-5-32-25(31)22-16(4)28-26-29(23(22)19-8-6-7-9-20(19)27)24(30)21(33-26)14-17-10-12-18(13-11-17)15(2)3/h6-15,23H,5H2,1-4H3/b21-14+/t23-/m1/s1. The number of esters is 1. The Labute approximate surface area is 201 Å². The zero-order valence-electron chi connectivity index (χ0n) is 19.0. The van der Waals surface area contributed by atoms with Gasteiger partial charge < -0.3 is 4.74 Å². The lowest BCUT2D eigenvalue weighted by atomic mass is 9.96. The Bertz CT molecular complexity index is 1410.